The Morgan fingerprint density at radius 2 is 2.08 bits per heavy atom. The van der Waals surface area contributed by atoms with Crippen LogP contribution in [-0.2, 0) is 4.79 Å². The number of aldehydes is 1. The average Bonchev–Trinajstić information content (AvgIpc) is 2.66. The first-order chi connectivity index (χ1) is 12.6. The zero-order valence-electron chi connectivity index (χ0n) is 14.4. The fraction of sp³-hybridized carbons (Fsp3) is 0.316. The Hall–Kier alpha value is -2.93. The molecule has 0 bridgehead atoms. The number of amides is 1. The summed E-state index contributed by atoms with van der Waals surface area (Å²) in [6.07, 6.45) is 1.92. The largest absolute Gasteiger partial charge is 0.465 e. The van der Waals surface area contributed by atoms with Gasteiger partial charge in [0.15, 0.2) is 0 Å². The molecule has 0 aliphatic carbocycles. The molecule has 2 heterocycles. The number of piperidine rings is 1. The smallest absolute Gasteiger partial charge is 0.407 e. The Labute approximate surface area is 152 Å². The molecule has 1 aliphatic heterocycles. The summed E-state index contributed by atoms with van der Waals surface area (Å²) in [5, 5.41) is 9.32. The molecule has 1 saturated heterocycles. The standard InChI is InChI=1S/C19H22N4O3/c20-17-13-15(22(11-12-24)19(25)26)8-10-23(17)18-16(7-4-9-21-18)14-5-2-1-3-6-14/h1-7,9,12,15,17H,8,10-11,13,20H2,(H,25,26). The van der Waals surface area contributed by atoms with E-state index >= 15 is 0 Å². The number of hydrogen-bond acceptors (Lipinski definition) is 5. The number of carboxylic acid groups (broad SMARTS) is 1. The second kappa shape index (κ2) is 7.97. The number of aromatic nitrogens is 1. The molecule has 1 fully saturated rings. The van der Waals surface area contributed by atoms with E-state index in [2.05, 4.69) is 4.98 Å². The number of nitrogens with zero attached hydrogens (tertiary/aromatic N) is 3. The van der Waals surface area contributed by atoms with Crippen LogP contribution in [0.15, 0.2) is 48.7 Å². The Bertz CT molecular complexity index is 768. The number of hydrogen-bond donors (Lipinski definition) is 2. The van der Waals surface area contributed by atoms with Gasteiger partial charge in [-0.25, -0.2) is 9.78 Å². The van der Waals surface area contributed by atoms with Crippen molar-refractivity contribution in [3.05, 3.63) is 48.7 Å². The van der Waals surface area contributed by atoms with Crippen LogP contribution in [0.25, 0.3) is 11.1 Å². The molecule has 26 heavy (non-hydrogen) atoms. The second-order valence-corrected chi connectivity index (χ2v) is 6.28. The number of anilines is 1. The van der Waals surface area contributed by atoms with E-state index in [9.17, 15) is 14.7 Å². The molecule has 1 aromatic heterocycles. The van der Waals surface area contributed by atoms with Crippen molar-refractivity contribution in [2.24, 2.45) is 5.73 Å². The van der Waals surface area contributed by atoms with Crippen LogP contribution < -0.4 is 10.6 Å². The van der Waals surface area contributed by atoms with Gasteiger partial charge in [0, 0.05) is 30.8 Å². The van der Waals surface area contributed by atoms with Gasteiger partial charge >= 0.3 is 6.09 Å². The van der Waals surface area contributed by atoms with E-state index in [0.717, 1.165) is 16.9 Å². The van der Waals surface area contributed by atoms with Crippen LogP contribution >= 0.6 is 0 Å². The molecule has 1 aliphatic rings. The maximum Gasteiger partial charge on any atom is 0.407 e. The number of carbonyl (C=O) groups excluding carboxylic acids is 1. The van der Waals surface area contributed by atoms with Crippen molar-refractivity contribution in [3.63, 3.8) is 0 Å². The van der Waals surface area contributed by atoms with Gasteiger partial charge in [-0.05, 0) is 24.1 Å². The van der Waals surface area contributed by atoms with Crippen molar-refractivity contribution >= 4 is 18.2 Å². The van der Waals surface area contributed by atoms with Crippen molar-refractivity contribution in [1.82, 2.24) is 9.88 Å². The normalized spacial score (nSPS) is 19.8. The van der Waals surface area contributed by atoms with Crippen LogP contribution in [0.2, 0.25) is 0 Å². The SMILES string of the molecule is NC1CC(N(CC=O)C(=O)O)CCN1c1ncccc1-c1ccccc1. The number of benzene rings is 1. The Kier molecular flexibility index (Phi) is 5.48. The molecule has 2 aromatic rings. The second-order valence-electron chi connectivity index (χ2n) is 6.28. The Balaban J connectivity index is 1.83. The lowest BCUT2D eigenvalue weighted by atomic mass is 9.99. The molecule has 3 N–H and O–H groups in total. The van der Waals surface area contributed by atoms with Gasteiger partial charge in [-0.2, -0.15) is 0 Å². The number of nitrogens with two attached hydrogens (primary N) is 1. The molecule has 3 rings (SSSR count). The number of carbonyl (C=O) groups is 2. The molecule has 7 heteroatoms. The first-order valence-electron chi connectivity index (χ1n) is 8.57. The molecule has 1 amide bonds. The van der Waals surface area contributed by atoms with Crippen LogP contribution in [0.1, 0.15) is 12.8 Å². The molecule has 0 saturated carbocycles. The lowest BCUT2D eigenvalue weighted by Crippen LogP contribution is -2.55. The summed E-state index contributed by atoms with van der Waals surface area (Å²) in [6, 6.07) is 13.6. The van der Waals surface area contributed by atoms with E-state index in [4.69, 9.17) is 5.73 Å². The topological polar surface area (TPSA) is 99.8 Å². The zero-order chi connectivity index (χ0) is 18.5. The fourth-order valence-electron chi connectivity index (χ4n) is 3.46. The van der Waals surface area contributed by atoms with Gasteiger partial charge < -0.3 is 20.5 Å². The molecule has 0 radical (unpaired) electrons. The summed E-state index contributed by atoms with van der Waals surface area (Å²) in [5.41, 5.74) is 8.40. The molecule has 0 spiro atoms. The minimum absolute atomic E-state index is 0.133. The molecule has 1 aromatic carbocycles. The predicted molar refractivity (Wildman–Crippen MR) is 98.8 cm³/mol. The van der Waals surface area contributed by atoms with Crippen LogP contribution in [-0.4, -0.2) is 52.7 Å². The van der Waals surface area contributed by atoms with E-state index < -0.39 is 6.09 Å². The van der Waals surface area contributed by atoms with Crippen LogP contribution in [0.3, 0.4) is 0 Å². The summed E-state index contributed by atoms with van der Waals surface area (Å²) < 4.78 is 0. The summed E-state index contributed by atoms with van der Waals surface area (Å²) in [4.78, 5) is 29.9. The summed E-state index contributed by atoms with van der Waals surface area (Å²) >= 11 is 0. The van der Waals surface area contributed by atoms with Gasteiger partial charge in [0.05, 0.1) is 12.7 Å². The van der Waals surface area contributed by atoms with Crippen molar-refractivity contribution in [1.29, 1.82) is 0 Å². The van der Waals surface area contributed by atoms with Crippen LogP contribution in [0.5, 0.6) is 0 Å². The quantitative estimate of drug-likeness (QED) is 0.799. The number of rotatable bonds is 5. The first-order valence-corrected chi connectivity index (χ1v) is 8.57. The van der Waals surface area contributed by atoms with E-state index in [1.54, 1.807) is 6.20 Å². The van der Waals surface area contributed by atoms with Crippen molar-refractivity contribution in [2.75, 3.05) is 18.0 Å². The minimum Gasteiger partial charge on any atom is -0.465 e. The molecule has 2 unspecified atom stereocenters. The van der Waals surface area contributed by atoms with Gasteiger partial charge in [0.1, 0.15) is 12.1 Å². The van der Waals surface area contributed by atoms with Crippen molar-refractivity contribution in [3.8, 4) is 11.1 Å². The minimum atomic E-state index is -1.09. The summed E-state index contributed by atoms with van der Waals surface area (Å²) in [5.74, 6) is 0.793. The van der Waals surface area contributed by atoms with Gasteiger partial charge in [0.25, 0.3) is 0 Å². The third kappa shape index (κ3) is 3.67. The lowest BCUT2D eigenvalue weighted by molar-refractivity contribution is -0.109. The zero-order valence-corrected chi connectivity index (χ0v) is 14.4. The molecular formula is C19H22N4O3. The highest BCUT2D eigenvalue weighted by atomic mass is 16.4. The monoisotopic (exact) mass is 354 g/mol. The maximum absolute atomic E-state index is 11.4. The Morgan fingerprint density at radius 1 is 1.31 bits per heavy atom. The molecule has 136 valence electrons. The molecule has 2 atom stereocenters. The predicted octanol–water partition coefficient (Wildman–Crippen LogP) is 2.18. The van der Waals surface area contributed by atoms with Crippen molar-refractivity contribution in [2.45, 2.75) is 25.0 Å². The highest BCUT2D eigenvalue weighted by Crippen LogP contribution is 2.32. The highest BCUT2D eigenvalue weighted by molar-refractivity contribution is 5.76. The van der Waals surface area contributed by atoms with E-state index in [1.165, 1.54) is 4.90 Å². The van der Waals surface area contributed by atoms with Gasteiger partial charge in [-0.3, -0.25) is 4.90 Å². The van der Waals surface area contributed by atoms with Crippen LogP contribution in [0, 0.1) is 0 Å². The summed E-state index contributed by atoms with van der Waals surface area (Å²) in [6.45, 7) is 0.441. The maximum atomic E-state index is 11.4. The summed E-state index contributed by atoms with van der Waals surface area (Å²) in [7, 11) is 0. The first kappa shape index (κ1) is 17.9. The van der Waals surface area contributed by atoms with E-state index in [-0.39, 0.29) is 18.8 Å². The van der Waals surface area contributed by atoms with E-state index in [1.807, 2.05) is 47.4 Å². The molecular weight excluding hydrogens is 332 g/mol. The lowest BCUT2D eigenvalue weighted by Gasteiger charge is -2.41. The number of pyridine rings is 1. The average molecular weight is 354 g/mol. The van der Waals surface area contributed by atoms with Crippen molar-refractivity contribution < 1.29 is 14.7 Å². The molecule has 7 nitrogen and oxygen atoms in total. The van der Waals surface area contributed by atoms with Crippen LogP contribution in [0.4, 0.5) is 10.6 Å². The third-order valence-electron chi connectivity index (χ3n) is 4.72. The van der Waals surface area contributed by atoms with Gasteiger partial charge in [-0.15, -0.1) is 0 Å². The highest BCUT2D eigenvalue weighted by Gasteiger charge is 2.33. The third-order valence-corrected chi connectivity index (χ3v) is 4.72. The van der Waals surface area contributed by atoms with Gasteiger partial charge in [0.2, 0.25) is 0 Å². The Morgan fingerprint density at radius 3 is 2.73 bits per heavy atom. The van der Waals surface area contributed by atoms with Gasteiger partial charge in [-0.1, -0.05) is 30.3 Å². The fourth-order valence-corrected chi connectivity index (χ4v) is 3.46. The van der Waals surface area contributed by atoms with E-state index in [0.29, 0.717) is 25.7 Å².